The average molecular weight is 379 g/mol. The van der Waals surface area contributed by atoms with Crippen molar-refractivity contribution in [3.63, 3.8) is 0 Å². The van der Waals surface area contributed by atoms with E-state index in [0.717, 1.165) is 25.1 Å². The van der Waals surface area contributed by atoms with Crippen LogP contribution in [0.25, 0.3) is 0 Å². The third kappa shape index (κ3) is 6.97. The number of hydrogen-bond acceptors (Lipinski definition) is 5. The minimum Gasteiger partial charge on any atom is -0.370 e. The van der Waals surface area contributed by atoms with Crippen molar-refractivity contribution in [1.82, 2.24) is 10.1 Å². The van der Waals surface area contributed by atoms with Gasteiger partial charge in [-0.2, -0.15) is 0 Å². The molecule has 7 nitrogen and oxygen atoms in total. The zero-order valence-electron chi connectivity index (χ0n) is 16.7. The first-order chi connectivity index (χ1) is 12.9. The van der Waals surface area contributed by atoms with E-state index in [1.165, 1.54) is 32.1 Å². The predicted octanol–water partition coefficient (Wildman–Crippen LogP) is 2.80. The number of carbonyl (C=O) groups is 2. The van der Waals surface area contributed by atoms with Gasteiger partial charge in [-0.15, -0.1) is 0 Å². The van der Waals surface area contributed by atoms with Gasteiger partial charge in [0.2, 0.25) is 5.91 Å². The molecule has 2 saturated carbocycles. The fourth-order valence-corrected chi connectivity index (χ4v) is 3.42. The summed E-state index contributed by atoms with van der Waals surface area (Å²) < 4.78 is 5.35. The van der Waals surface area contributed by atoms with Gasteiger partial charge in [0, 0.05) is 37.5 Å². The molecule has 2 amide bonds. The highest BCUT2D eigenvalue weighted by Gasteiger charge is 2.32. The van der Waals surface area contributed by atoms with E-state index in [1.54, 1.807) is 0 Å². The van der Waals surface area contributed by atoms with Crippen LogP contribution in [0.1, 0.15) is 87.4 Å². The first kappa shape index (κ1) is 21.4. The Hall–Kier alpha value is -1.89. The van der Waals surface area contributed by atoms with Crippen molar-refractivity contribution in [2.75, 3.05) is 13.1 Å². The van der Waals surface area contributed by atoms with Gasteiger partial charge < -0.3 is 20.9 Å². The largest absolute Gasteiger partial charge is 0.370 e. The molecule has 1 aromatic rings. The molecule has 0 aromatic carbocycles. The lowest BCUT2D eigenvalue weighted by Gasteiger charge is -2.35. The second-order valence-corrected chi connectivity index (χ2v) is 8.04. The minimum absolute atomic E-state index is 0.0613. The summed E-state index contributed by atoms with van der Waals surface area (Å²) in [4.78, 5) is 24.6. The molecule has 0 bridgehead atoms. The molecule has 2 aliphatic carbocycles. The molecular weight excluding hydrogens is 344 g/mol. The van der Waals surface area contributed by atoms with Gasteiger partial charge in [0.25, 0.3) is 5.91 Å². The standard InChI is InChI=1S/C17H26N2O2.C3H8N2O/c1-12(2)11-19(14-6-4-3-5-7-14)17(20)15-10-16(21-18-15)13-8-9-13;4-2-1-3(5)6/h10,12-14H,3-9,11H2,1-2H3;1-2,4H2,(H2,5,6). The average Bonchev–Trinajstić information content (AvgIpc) is 3.37. The third-order valence-electron chi connectivity index (χ3n) is 4.96. The molecule has 27 heavy (non-hydrogen) atoms. The number of aromatic nitrogens is 1. The molecule has 0 aliphatic heterocycles. The molecular formula is C20H34N4O3. The highest BCUT2D eigenvalue weighted by atomic mass is 16.5. The van der Waals surface area contributed by atoms with Crippen molar-refractivity contribution in [2.45, 2.75) is 77.2 Å². The maximum Gasteiger partial charge on any atom is 0.276 e. The van der Waals surface area contributed by atoms with Crippen LogP contribution in [0.2, 0.25) is 0 Å². The van der Waals surface area contributed by atoms with E-state index >= 15 is 0 Å². The van der Waals surface area contributed by atoms with Gasteiger partial charge in [0.1, 0.15) is 5.76 Å². The number of rotatable bonds is 7. The third-order valence-corrected chi connectivity index (χ3v) is 4.96. The zero-order chi connectivity index (χ0) is 19.8. The van der Waals surface area contributed by atoms with Crippen molar-refractivity contribution in [3.05, 3.63) is 17.5 Å². The summed E-state index contributed by atoms with van der Waals surface area (Å²) in [5.41, 5.74) is 10.1. The Labute approximate surface area is 161 Å². The summed E-state index contributed by atoms with van der Waals surface area (Å²) in [6.07, 6.45) is 8.66. The zero-order valence-corrected chi connectivity index (χ0v) is 16.7. The minimum atomic E-state index is -0.336. The van der Waals surface area contributed by atoms with Crippen LogP contribution in [0.15, 0.2) is 10.6 Å². The maximum atomic E-state index is 12.8. The van der Waals surface area contributed by atoms with Crippen LogP contribution in [-0.4, -0.2) is 41.0 Å². The van der Waals surface area contributed by atoms with E-state index in [1.807, 2.05) is 6.07 Å². The normalized spacial score (nSPS) is 17.3. The molecule has 2 aliphatic rings. The van der Waals surface area contributed by atoms with Gasteiger partial charge in [-0.3, -0.25) is 9.59 Å². The smallest absolute Gasteiger partial charge is 0.276 e. The van der Waals surface area contributed by atoms with Crippen LogP contribution in [0.4, 0.5) is 0 Å². The van der Waals surface area contributed by atoms with Gasteiger partial charge in [0.15, 0.2) is 5.69 Å². The maximum absolute atomic E-state index is 12.8. The Kier molecular flexibility index (Phi) is 8.28. The lowest BCUT2D eigenvalue weighted by Crippen LogP contribution is -2.43. The number of carbonyl (C=O) groups excluding carboxylic acids is 2. The van der Waals surface area contributed by atoms with Crippen LogP contribution in [-0.2, 0) is 4.79 Å². The molecule has 2 fully saturated rings. The Morgan fingerprint density at radius 3 is 2.37 bits per heavy atom. The molecule has 1 aromatic heterocycles. The fraction of sp³-hybridized carbons (Fsp3) is 0.750. The predicted molar refractivity (Wildman–Crippen MR) is 104 cm³/mol. The Bertz CT molecular complexity index is 604. The summed E-state index contributed by atoms with van der Waals surface area (Å²) >= 11 is 0. The van der Waals surface area contributed by atoms with Crippen LogP contribution < -0.4 is 11.5 Å². The molecule has 0 saturated heterocycles. The molecule has 0 radical (unpaired) electrons. The summed E-state index contributed by atoms with van der Waals surface area (Å²) in [5.74, 6) is 1.60. The van der Waals surface area contributed by atoms with E-state index in [9.17, 15) is 9.59 Å². The second-order valence-electron chi connectivity index (χ2n) is 8.04. The van der Waals surface area contributed by atoms with E-state index < -0.39 is 0 Å². The lowest BCUT2D eigenvalue weighted by molar-refractivity contribution is -0.117. The summed E-state index contributed by atoms with van der Waals surface area (Å²) in [5, 5.41) is 4.03. The monoisotopic (exact) mass is 378 g/mol. The van der Waals surface area contributed by atoms with Crippen molar-refractivity contribution >= 4 is 11.8 Å². The van der Waals surface area contributed by atoms with Crippen LogP contribution in [0.5, 0.6) is 0 Å². The number of nitrogens with two attached hydrogens (primary N) is 2. The lowest BCUT2D eigenvalue weighted by atomic mass is 9.93. The Morgan fingerprint density at radius 2 is 1.89 bits per heavy atom. The molecule has 7 heteroatoms. The first-order valence-electron chi connectivity index (χ1n) is 10.2. The van der Waals surface area contributed by atoms with Gasteiger partial charge in [-0.25, -0.2) is 0 Å². The first-order valence-corrected chi connectivity index (χ1v) is 10.2. The summed E-state index contributed by atoms with van der Waals surface area (Å²) in [6, 6.07) is 2.26. The van der Waals surface area contributed by atoms with Crippen molar-refractivity contribution in [2.24, 2.45) is 17.4 Å². The molecule has 0 atom stereocenters. The van der Waals surface area contributed by atoms with Gasteiger partial charge in [0.05, 0.1) is 0 Å². The van der Waals surface area contributed by atoms with Crippen molar-refractivity contribution < 1.29 is 14.1 Å². The highest BCUT2D eigenvalue weighted by Crippen LogP contribution is 2.40. The van der Waals surface area contributed by atoms with Gasteiger partial charge in [-0.1, -0.05) is 38.3 Å². The van der Waals surface area contributed by atoms with Crippen molar-refractivity contribution in [3.8, 4) is 0 Å². The topological polar surface area (TPSA) is 115 Å². The Morgan fingerprint density at radius 1 is 1.22 bits per heavy atom. The molecule has 0 spiro atoms. The van der Waals surface area contributed by atoms with E-state index in [4.69, 9.17) is 10.3 Å². The molecule has 0 unspecified atom stereocenters. The second kappa shape index (κ2) is 10.4. The highest BCUT2D eigenvalue weighted by molar-refractivity contribution is 5.92. The summed E-state index contributed by atoms with van der Waals surface area (Å²) in [6.45, 7) is 5.51. The Balaban J connectivity index is 0.000000380. The quantitative estimate of drug-likeness (QED) is 0.757. The van der Waals surface area contributed by atoms with E-state index in [2.05, 4.69) is 29.6 Å². The summed E-state index contributed by atoms with van der Waals surface area (Å²) in [7, 11) is 0. The van der Waals surface area contributed by atoms with Crippen LogP contribution in [0.3, 0.4) is 0 Å². The van der Waals surface area contributed by atoms with Crippen LogP contribution in [0, 0.1) is 5.92 Å². The van der Waals surface area contributed by atoms with Gasteiger partial charge >= 0.3 is 0 Å². The molecule has 152 valence electrons. The van der Waals surface area contributed by atoms with Crippen molar-refractivity contribution in [1.29, 1.82) is 0 Å². The number of hydrogen-bond donors (Lipinski definition) is 2. The molecule has 1 heterocycles. The molecule has 4 N–H and O–H groups in total. The number of amides is 2. The van der Waals surface area contributed by atoms with Gasteiger partial charge in [-0.05, 0) is 31.6 Å². The number of primary amides is 1. The fourth-order valence-electron chi connectivity index (χ4n) is 3.42. The molecule has 3 rings (SSSR count). The number of nitrogens with zero attached hydrogens (tertiary/aromatic N) is 2. The SMILES string of the molecule is CC(C)CN(C(=O)c1cc(C2CC2)on1)C1CCCCC1.NCCC(N)=O. The van der Waals surface area contributed by atoms with Crippen LogP contribution >= 0.6 is 0 Å². The van der Waals surface area contributed by atoms with E-state index in [0.29, 0.717) is 36.5 Å². The van der Waals surface area contributed by atoms with E-state index in [-0.39, 0.29) is 11.8 Å².